The summed E-state index contributed by atoms with van der Waals surface area (Å²) in [5.74, 6) is -2.34. The third-order valence-electron chi connectivity index (χ3n) is 4.13. The number of rotatable bonds is 16. The van der Waals surface area contributed by atoms with Gasteiger partial charge in [-0.3, -0.25) is 19.2 Å². The maximum Gasteiger partial charge on any atom is 0.325 e. The second-order valence-corrected chi connectivity index (χ2v) is 8.24. The molecular formula is C19H35N3O6S. The van der Waals surface area contributed by atoms with Gasteiger partial charge in [0.1, 0.15) is 18.6 Å². The maximum absolute atomic E-state index is 12.4. The van der Waals surface area contributed by atoms with Crippen LogP contribution in [0.25, 0.3) is 0 Å². The van der Waals surface area contributed by atoms with Crippen LogP contribution in [0.4, 0.5) is 0 Å². The average Bonchev–Trinajstić information content (AvgIpc) is 2.67. The highest BCUT2D eigenvalue weighted by Gasteiger charge is 2.23. The van der Waals surface area contributed by atoms with Crippen molar-refractivity contribution >= 4 is 35.5 Å². The Morgan fingerprint density at radius 1 is 1.14 bits per heavy atom. The molecule has 2 amide bonds. The Morgan fingerprint density at radius 2 is 1.83 bits per heavy atom. The number of ether oxygens (including phenoxy) is 1. The predicted octanol–water partition coefficient (Wildman–Crippen LogP) is 1.04. The van der Waals surface area contributed by atoms with Gasteiger partial charge in [0.05, 0.1) is 6.61 Å². The molecule has 29 heavy (non-hydrogen) atoms. The van der Waals surface area contributed by atoms with Crippen molar-refractivity contribution in [2.24, 2.45) is 5.73 Å². The molecule has 0 aliphatic carbocycles. The summed E-state index contributed by atoms with van der Waals surface area (Å²) in [5.41, 5.74) is 5.41. The number of thioether (sulfide) groups is 1. The summed E-state index contributed by atoms with van der Waals surface area (Å²) in [6.45, 7) is 5.81. The van der Waals surface area contributed by atoms with E-state index in [1.54, 1.807) is 18.7 Å². The number of esters is 1. The van der Waals surface area contributed by atoms with Crippen LogP contribution in [0.15, 0.2) is 0 Å². The summed E-state index contributed by atoms with van der Waals surface area (Å²) in [6.07, 6.45) is 4.26. The summed E-state index contributed by atoms with van der Waals surface area (Å²) in [7, 11) is 0. The summed E-state index contributed by atoms with van der Waals surface area (Å²) < 4.78 is 4.78. The van der Waals surface area contributed by atoms with Crippen molar-refractivity contribution in [2.75, 3.05) is 18.9 Å². The van der Waals surface area contributed by atoms with Gasteiger partial charge >= 0.3 is 11.9 Å². The normalized spacial score (nSPS) is 13.8. The molecule has 0 heterocycles. The number of amides is 2. The van der Waals surface area contributed by atoms with Crippen LogP contribution in [0.1, 0.15) is 59.3 Å². The van der Waals surface area contributed by atoms with Crippen LogP contribution in [0, 0.1) is 0 Å². The molecule has 0 bridgehead atoms. The van der Waals surface area contributed by atoms with E-state index >= 15 is 0 Å². The van der Waals surface area contributed by atoms with Gasteiger partial charge in [-0.2, -0.15) is 11.8 Å². The largest absolute Gasteiger partial charge is 0.480 e. The van der Waals surface area contributed by atoms with Gasteiger partial charge in [0.15, 0.2) is 0 Å². The topological polar surface area (TPSA) is 148 Å². The van der Waals surface area contributed by atoms with Crippen molar-refractivity contribution in [3.63, 3.8) is 0 Å². The average molecular weight is 434 g/mol. The van der Waals surface area contributed by atoms with Gasteiger partial charge in [-0.1, -0.05) is 33.1 Å². The molecule has 9 nitrogen and oxygen atoms in total. The second-order valence-electron chi connectivity index (χ2n) is 6.77. The van der Waals surface area contributed by atoms with Gasteiger partial charge in [-0.25, -0.2) is 0 Å². The molecule has 0 aromatic rings. The monoisotopic (exact) mass is 433 g/mol. The third kappa shape index (κ3) is 13.9. The molecule has 5 N–H and O–H groups in total. The van der Waals surface area contributed by atoms with E-state index in [0.29, 0.717) is 11.0 Å². The van der Waals surface area contributed by atoms with Crippen LogP contribution < -0.4 is 16.4 Å². The first-order chi connectivity index (χ1) is 13.7. The van der Waals surface area contributed by atoms with Crippen molar-refractivity contribution in [1.82, 2.24) is 10.6 Å². The van der Waals surface area contributed by atoms with E-state index in [-0.39, 0.29) is 26.0 Å². The smallest absolute Gasteiger partial charge is 0.325 e. The summed E-state index contributed by atoms with van der Waals surface area (Å²) in [4.78, 5) is 46.8. The Morgan fingerprint density at radius 3 is 2.41 bits per heavy atom. The SMILES string of the molecule is CCCCCC(C)SC[C@H](NC(=O)CC[C@H](N)C(=O)O)C(=O)NCC(=O)OCC. The van der Waals surface area contributed by atoms with E-state index < -0.39 is 35.8 Å². The van der Waals surface area contributed by atoms with Gasteiger partial charge < -0.3 is 26.2 Å². The Labute approximate surface area is 176 Å². The maximum atomic E-state index is 12.4. The van der Waals surface area contributed by atoms with E-state index in [4.69, 9.17) is 15.6 Å². The van der Waals surface area contributed by atoms with E-state index in [1.807, 2.05) is 0 Å². The molecule has 0 saturated carbocycles. The highest BCUT2D eigenvalue weighted by atomic mass is 32.2. The van der Waals surface area contributed by atoms with Crippen molar-refractivity contribution in [3.05, 3.63) is 0 Å². The van der Waals surface area contributed by atoms with Crippen LogP contribution in [-0.4, -0.2) is 65.1 Å². The lowest BCUT2D eigenvalue weighted by Crippen LogP contribution is -2.49. The molecule has 0 fully saturated rings. The zero-order chi connectivity index (χ0) is 22.2. The first kappa shape index (κ1) is 27.2. The number of carbonyl (C=O) groups excluding carboxylic acids is 3. The fraction of sp³-hybridized carbons (Fsp3) is 0.789. The minimum Gasteiger partial charge on any atom is -0.480 e. The molecule has 0 aliphatic heterocycles. The van der Waals surface area contributed by atoms with E-state index in [2.05, 4.69) is 24.5 Å². The molecule has 0 spiro atoms. The highest BCUT2D eigenvalue weighted by molar-refractivity contribution is 7.99. The lowest BCUT2D eigenvalue weighted by atomic mass is 10.1. The van der Waals surface area contributed by atoms with E-state index in [9.17, 15) is 19.2 Å². The molecule has 1 unspecified atom stereocenters. The molecule has 0 aromatic carbocycles. The number of hydrogen-bond acceptors (Lipinski definition) is 7. The molecule has 3 atom stereocenters. The van der Waals surface area contributed by atoms with Crippen molar-refractivity contribution in [2.45, 2.75) is 76.6 Å². The number of aliphatic carboxylic acids is 1. The zero-order valence-electron chi connectivity index (χ0n) is 17.6. The third-order valence-corrected chi connectivity index (χ3v) is 5.46. The van der Waals surface area contributed by atoms with Crippen LogP contribution >= 0.6 is 11.8 Å². The number of hydrogen-bond donors (Lipinski definition) is 4. The molecule has 0 saturated heterocycles. The first-order valence-corrected chi connectivity index (χ1v) is 11.1. The standard InChI is InChI=1S/C19H35N3O6S/c1-4-6-7-8-13(3)29-12-15(18(25)21-11-17(24)28-5-2)22-16(23)10-9-14(20)19(26)27/h13-15H,4-12,20H2,1-3H3,(H,21,25)(H,22,23)(H,26,27)/t13?,14-,15-/m0/s1. The van der Waals surface area contributed by atoms with E-state index in [0.717, 1.165) is 25.7 Å². The molecule has 10 heteroatoms. The fourth-order valence-electron chi connectivity index (χ4n) is 2.38. The van der Waals surface area contributed by atoms with Crippen LogP contribution in [0.3, 0.4) is 0 Å². The molecule has 0 rings (SSSR count). The van der Waals surface area contributed by atoms with Crippen molar-refractivity contribution in [1.29, 1.82) is 0 Å². The number of nitrogens with one attached hydrogen (secondary N) is 2. The summed E-state index contributed by atoms with van der Waals surface area (Å²) in [6, 6.07) is -1.97. The van der Waals surface area contributed by atoms with Gasteiger partial charge in [0.25, 0.3) is 0 Å². The lowest BCUT2D eigenvalue weighted by Gasteiger charge is -2.20. The molecular weight excluding hydrogens is 398 g/mol. The molecule has 0 aromatic heterocycles. The number of nitrogens with two attached hydrogens (primary N) is 1. The zero-order valence-corrected chi connectivity index (χ0v) is 18.4. The second kappa shape index (κ2) is 16.0. The van der Waals surface area contributed by atoms with Gasteiger partial charge in [0.2, 0.25) is 11.8 Å². The minimum atomic E-state index is -1.18. The molecule has 168 valence electrons. The Balaban J connectivity index is 4.72. The summed E-state index contributed by atoms with van der Waals surface area (Å²) >= 11 is 1.57. The van der Waals surface area contributed by atoms with Gasteiger partial charge in [-0.15, -0.1) is 0 Å². The Kier molecular flexibility index (Phi) is 15.0. The number of carboxylic acids is 1. The van der Waals surface area contributed by atoms with Crippen molar-refractivity contribution < 1.29 is 29.0 Å². The molecule has 0 radical (unpaired) electrons. The van der Waals surface area contributed by atoms with Crippen molar-refractivity contribution in [3.8, 4) is 0 Å². The number of carbonyl (C=O) groups is 4. The predicted molar refractivity (Wildman–Crippen MR) is 112 cm³/mol. The first-order valence-electron chi connectivity index (χ1n) is 10.0. The van der Waals surface area contributed by atoms with Gasteiger partial charge in [-0.05, 0) is 19.8 Å². The molecule has 0 aliphatic rings. The van der Waals surface area contributed by atoms with Gasteiger partial charge in [0, 0.05) is 17.4 Å². The number of unbranched alkanes of at least 4 members (excludes halogenated alkanes) is 2. The summed E-state index contributed by atoms with van der Waals surface area (Å²) in [5, 5.41) is 14.2. The number of carboxylic acid groups (broad SMARTS) is 1. The fourth-order valence-corrected chi connectivity index (χ4v) is 3.47. The van der Waals surface area contributed by atoms with Crippen LogP contribution in [-0.2, 0) is 23.9 Å². The highest BCUT2D eigenvalue weighted by Crippen LogP contribution is 2.18. The van der Waals surface area contributed by atoms with Crippen LogP contribution in [0.5, 0.6) is 0 Å². The minimum absolute atomic E-state index is 0.0289. The van der Waals surface area contributed by atoms with Crippen LogP contribution in [0.2, 0.25) is 0 Å². The lowest BCUT2D eigenvalue weighted by molar-refractivity contribution is -0.143. The Hall–Kier alpha value is -1.81. The Bertz CT molecular complexity index is 532. The van der Waals surface area contributed by atoms with E-state index in [1.165, 1.54) is 0 Å². The quantitative estimate of drug-likeness (QED) is 0.208.